The SMILES string of the molecule is CN(C)c1n[nH]c(C2CCN(c3ccc(Cl)c(C#N)n3)CC2)n1. The minimum atomic E-state index is 0.275. The fourth-order valence-corrected chi connectivity index (χ4v) is 2.86. The Morgan fingerprint density at radius 3 is 2.65 bits per heavy atom. The average Bonchev–Trinajstić information content (AvgIpc) is 3.06. The van der Waals surface area contributed by atoms with Gasteiger partial charge in [-0.15, -0.1) is 5.10 Å². The highest BCUT2D eigenvalue weighted by molar-refractivity contribution is 6.31. The molecule has 1 aliphatic heterocycles. The number of halogens is 1. The standard InChI is InChI=1S/C15H18ClN7/c1-22(2)15-19-14(20-21-15)10-5-7-23(8-6-10)13-4-3-11(16)12(9-17)18-13/h3-4,10H,5-8H2,1-2H3,(H,19,20,21). The van der Waals surface area contributed by atoms with E-state index in [2.05, 4.69) is 25.1 Å². The van der Waals surface area contributed by atoms with Gasteiger partial charge in [0.1, 0.15) is 17.7 Å². The monoisotopic (exact) mass is 331 g/mol. The Labute approximate surface area is 139 Å². The van der Waals surface area contributed by atoms with Crippen molar-refractivity contribution in [2.75, 3.05) is 37.0 Å². The van der Waals surface area contributed by atoms with E-state index in [1.54, 1.807) is 6.07 Å². The van der Waals surface area contributed by atoms with Crippen LogP contribution in [-0.4, -0.2) is 47.4 Å². The lowest BCUT2D eigenvalue weighted by Gasteiger charge is -2.31. The third-order valence-electron chi connectivity index (χ3n) is 4.03. The topological polar surface area (TPSA) is 84.7 Å². The summed E-state index contributed by atoms with van der Waals surface area (Å²) in [6, 6.07) is 5.62. The van der Waals surface area contributed by atoms with Crippen LogP contribution in [0.4, 0.5) is 11.8 Å². The van der Waals surface area contributed by atoms with Crippen molar-refractivity contribution in [1.82, 2.24) is 20.2 Å². The Morgan fingerprint density at radius 2 is 2.04 bits per heavy atom. The second-order valence-corrected chi connectivity index (χ2v) is 6.20. The fourth-order valence-electron chi connectivity index (χ4n) is 2.72. The summed E-state index contributed by atoms with van der Waals surface area (Å²) in [6.07, 6.45) is 1.93. The van der Waals surface area contributed by atoms with E-state index >= 15 is 0 Å². The summed E-state index contributed by atoms with van der Waals surface area (Å²) in [5, 5.41) is 16.7. The molecule has 0 atom stereocenters. The minimum Gasteiger partial charge on any atom is -0.357 e. The van der Waals surface area contributed by atoms with E-state index in [1.165, 1.54) is 0 Å². The zero-order valence-electron chi connectivity index (χ0n) is 13.1. The van der Waals surface area contributed by atoms with Crippen LogP contribution in [0.3, 0.4) is 0 Å². The quantitative estimate of drug-likeness (QED) is 0.927. The largest absolute Gasteiger partial charge is 0.357 e. The van der Waals surface area contributed by atoms with E-state index in [-0.39, 0.29) is 5.69 Å². The van der Waals surface area contributed by atoms with Crippen molar-refractivity contribution in [3.8, 4) is 6.07 Å². The van der Waals surface area contributed by atoms with Crippen molar-refractivity contribution in [2.45, 2.75) is 18.8 Å². The summed E-state index contributed by atoms with van der Waals surface area (Å²) in [5.74, 6) is 2.82. The molecule has 0 aromatic carbocycles. The smallest absolute Gasteiger partial charge is 0.244 e. The minimum absolute atomic E-state index is 0.275. The summed E-state index contributed by atoms with van der Waals surface area (Å²) in [5.41, 5.74) is 0.275. The van der Waals surface area contributed by atoms with Gasteiger partial charge in [-0.3, -0.25) is 5.10 Å². The van der Waals surface area contributed by atoms with Crippen LogP contribution in [0, 0.1) is 11.3 Å². The molecule has 8 heteroatoms. The average molecular weight is 332 g/mol. The lowest BCUT2D eigenvalue weighted by molar-refractivity contribution is 0.484. The molecule has 1 fully saturated rings. The van der Waals surface area contributed by atoms with E-state index < -0.39 is 0 Å². The number of hydrogen-bond acceptors (Lipinski definition) is 6. The number of pyridine rings is 1. The summed E-state index contributed by atoms with van der Waals surface area (Å²) >= 11 is 5.94. The molecular weight excluding hydrogens is 314 g/mol. The molecule has 7 nitrogen and oxygen atoms in total. The number of nitrogens with one attached hydrogen (secondary N) is 1. The number of aromatic amines is 1. The molecule has 3 heterocycles. The van der Waals surface area contributed by atoms with Crippen LogP contribution in [-0.2, 0) is 0 Å². The second kappa shape index (κ2) is 6.42. The van der Waals surface area contributed by atoms with Crippen LogP contribution in [0.25, 0.3) is 0 Å². The summed E-state index contributed by atoms with van der Waals surface area (Å²) in [6.45, 7) is 1.73. The van der Waals surface area contributed by atoms with Crippen molar-refractivity contribution < 1.29 is 0 Å². The first-order valence-electron chi connectivity index (χ1n) is 7.49. The lowest BCUT2D eigenvalue weighted by Crippen LogP contribution is -2.33. The molecule has 120 valence electrons. The van der Waals surface area contributed by atoms with Gasteiger partial charge < -0.3 is 9.80 Å². The molecule has 1 saturated heterocycles. The first-order chi connectivity index (χ1) is 11.1. The second-order valence-electron chi connectivity index (χ2n) is 5.79. The Kier molecular flexibility index (Phi) is 4.35. The van der Waals surface area contributed by atoms with Crippen molar-refractivity contribution >= 4 is 23.4 Å². The lowest BCUT2D eigenvalue weighted by atomic mass is 9.96. The van der Waals surface area contributed by atoms with Crippen LogP contribution in [0.1, 0.15) is 30.3 Å². The van der Waals surface area contributed by atoms with Gasteiger partial charge in [0.05, 0.1) is 5.02 Å². The molecule has 1 N–H and O–H groups in total. The summed E-state index contributed by atoms with van der Waals surface area (Å²) < 4.78 is 0. The molecule has 1 aliphatic rings. The van der Waals surface area contributed by atoms with E-state index in [4.69, 9.17) is 16.9 Å². The normalized spacial score (nSPS) is 15.5. The summed E-state index contributed by atoms with van der Waals surface area (Å²) in [7, 11) is 3.85. The first-order valence-corrected chi connectivity index (χ1v) is 7.87. The number of hydrogen-bond donors (Lipinski definition) is 1. The van der Waals surface area contributed by atoms with Gasteiger partial charge >= 0.3 is 0 Å². The van der Waals surface area contributed by atoms with Gasteiger partial charge in [0.15, 0.2) is 5.69 Å². The zero-order chi connectivity index (χ0) is 16.4. The first kappa shape index (κ1) is 15.6. The number of anilines is 2. The summed E-state index contributed by atoms with van der Waals surface area (Å²) in [4.78, 5) is 12.9. The molecular formula is C15H18ClN7. The number of aromatic nitrogens is 4. The number of piperidine rings is 1. The zero-order valence-corrected chi connectivity index (χ0v) is 13.9. The molecule has 2 aromatic heterocycles. The van der Waals surface area contributed by atoms with Crippen LogP contribution in [0.15, 0.2) is 12.1 Å². The fraction of sp³-hybridized carbons (Fsp3) is 0.467. The number of nitriles is 1. The number of H-pyrrole nitrogens is 1. The molecule has 0 bridgehead atoms. The number of rotatable bonds is 3. The number of nitrogens with zero attached hydrogens (tertiary/aromatic N) is 6. The predicted octanol–water partition coefficient (Wildman–Crippen LogP) is 2.17. The van der Waals surface area contributed by atoms with Crippen LogP contribution in [0.2, 0.25) is 5.02 Å². The van der Waals surface area contributed by atoms with Gasteiger partial charge in [-0.05, 0) is 25.0 Å². The van der Waals surface area contributed by atoms with Gasteiger partial charge in [-0.25, -0.2) is 4.98 Å². The molecule has 0 spiro atoms. The Balaban J connectivity index is 1.67. The third-order valence-corrected chi connectivity index (χ3v) is 4.34. The third kappa shape index (κ3) is 3.22. The van der Waals surface area contributed by atoms with Gasteiger partial charge in [-0.1, -0.05) is 11.6 Å². The van der Waals surface area contributed by atoms with Crippen LogP contribution in [0.5, 0.6) is 0 Å². The highest BCUT2D eigenvalue weighted by Crippen LogP contribution is 2.29. The van der Waals surface area contributed by atoms with Gasteiger partial charge in [0.25, 0.3) is 0 Å². The van der Waals surface area contributed by atoms with Crippen molar-refractivity contribution in [3.05, 3.63) is 28.7 Å². The molecule has 23 heavy (non-hydrogen) atoms. The Hall–Kier alpha value is -2.33. The van der Waals surface area contributed by atoms with Crippen LogP contribution < -0.4 is 9.80 Å². The van der Waals surface area contributed by atoms with Crippen LogP contribution >= 0.6 is 11.6 Å². The highest BCUT2D eigenvalue weighted by atomic mass is 35.5. The maximum atomic E-state index is 9.04. The Morgan fingerprint density at radius 1 is 1.30 bits per heavy atom. The van der Waals surface area contributed by atoms with Gasteiger partial charge in [0, 0.05) is 33.1 Å². The van der Waals surface area contributed by atoms with Crippen molar-refractivity contribution in [1.29, 1.82) is 5.26 Å². The Bertz CT molecular complexity index is 726. The van der Waals surface area contributed by atoms with E-state index in [9.17, 15) is 0 Å². The van der Waals surface area contributed by atoms with Gasteiger partial charge in [0.2, 0.25) is 5.95 Å². The maximum Gasteiger partial charge on any atom is 0.244 e. The molecule has 0 aliphatic carbocycles. The highest BCUT2D eigenvalue weighted by Gasteiger charge is 2.24. The molecule has 0 amide bonds. The maximum absolute atomic E-state index is 9.04. The molecule has 3 rings (SSSR count). The van der Waals surface area contributed by atoms with E-state index in [1.807, 2.05) is 31.1 Å². The molecule has 0 radical (unpaired) electrons. The van der Waals surface area contributed by atoms with E-state index in [0.29, 0.717) is 16.9 Å². The molecule has 0 saturated carbocycles. The van der Waals surface area contributed by atoms with E-state index in [0.717, 1.165) is 37.6 Å². The van der Waals surface area contributed by atoms with Crippen molar-refractivity contribution in [2.24, 2.45) is 0 Å². The van der Waals surface area contributed by atoms with Crippen molar-refractivity contribution in [3.63, 3.8) is 0 Å². The molecule has 2 aromatic rings. The van der Waals surface area contributed by atoms with Gasteiger partial charge in [-0.2, -0.15) is 10.2 Å². The predicted molar refractivity (Wildman–Crippen MR) is 88.9 cm³/mol. The molecule has 0 unspecified atom stereocenters.